The summed E-state index contributed by atoms with van der Waals surface area (Å²) in [5.41, 5.74) is 0. The van der Waals surface area contributed by atoms with E-state index in [2.05, 4.69) is 106 Å². The van der Waals surface area contributed by atoms with Crippen molar-refractivity contribution in [2.45, 2.75) is 245 Å². The van der Waals surface area contributed by atoms with Gasteiger partial charge in [-0.15, -0.1) is 0 Å². The van der Waals surface area contributed by atoms with Crippen LogP contribution in [0.25, 0.3) is 0 Å². The molecule has 0 saturated carbocycles. The third-order valence-corrected chi connectivity index (χ3v) is 10.9. The van der Waals surface area contributed by atoms with Crippen LogP contribution in [-0.4, -0.2) is 37.2 Å². The van der Waals surface area contributed by atoms with Crippen LogP contribution in [0, 0.1) is 0 Å². The van der Waals surface area contributed by atoms with E-state index >= 15 is 0 Å². The summed E-state index contributed by atoms with van der Waals surface area (Å²) >= 11 is 0. The molecule has 0 bridgehead atoms. The minimum absolute atomic E-state index is 0.0848. The maximum absolute atomic E-state index is 12.7. The van der Waals surface area contributed by atoms with Gasteiger partial charge in [0, 0.05) is 19.3 Å². The second kappa shape index (κ2) is 51.2. The number of rotatable bonds is 46. The van der Waals surface area contributed by atoms with E-state index in [1.807, 2.05) is 0 Å². The van der Waals surface area contributed by atoms with Gasteiger partial charge in [0.25, 0.3) is 0 Å². The van der Waals surface area contributed by atoms with Crippen molar-refractivity contribution in [1.82, 2.24) is 0 Å². The summed E-state index contributed by atoms with van der Waals surface area (Å²) in [6, 6.07) is 0. The zero-order valence-electron chi connectivity index (χ0n) is 41.1. The Labute approximate surface area is 388 Å². The second-order valence-corrected chi connectivity index (χ2v) is 17.1. The van der Waals surface area contributed by atoms with Crippen LogP contribution in [-0.2, 0) is 28.6 Å². The van der Waals surface area contributed by atoms with Crippen molar-refractivity contribution in [3.05, 3.63) is 85.1 Å². The third-order valence-electron chi connectivity index (χ3n) is 10.9. The number of hydrogen-bond donors (Lipinski definition) is 0. The van der Waals surface area contributed by atoms with E-state index in [0.29, 0.717) is 19.3 Å². The van der Waals surface area contributed by atoms with Crippen molar-refractivity contribution < 1.29 is 28.6 Å². The largest absolute Gasteiger partial charge is 0.462 e. The van der Waals surface area contributed by atoms with Crippen LogP contribution in [0.1, 0.15) is 239 Å². The number of carbonyl (C=O) groups is 3. The number of carbonyl (C=O) groups excluding carboxylic acids is 3. The van der Waals surface area contributed by atoms with Gasteiger partial charge in [-0.05, 0) is 96.3 Å². The predicted molar refractivity (Wildman–Crippen MR) is 270 cm³/mol. The fourth-order valence-electron chi connectivity index (χ4n) is 6.97. The van der Waals surface area contributed by atoms with Gasteiger partial charge in [-0.3, -0.25) is 14.4 Å². The quantitative estimate of drug-likeness (QED) is 0.0262. The Morgan fingerprint density at radius 1 is 0.333 bits per heavy atom. The normalized spacial score (nSPS) is 12.7. The molecular formula is C57H96O6. The molecule has 0 aromatic rings. The Kier molecular flexibility index (Phi) is 48.5. The molecule has 0 heterocycles. The van der Waals surface area contributed by atoms with Crippen LogP contribution in [0.5, 0.6) is 0 Å². The first kappa shape index (κ1) is 59.6. The number of hydrogen-bond acceptors (Lipinski definition) is 6. The standard InChI is InChI=1S/C57H96O6/c1-4-7-10-13-16-18-20-22-24-25-26-27-28-29-30-31-32-33-34-36-37-39-41-44-47-50-56(59)62-53-54(52-61-55(58)49-46-43-15-12-9-6-3)63-57(60)51-48-45-42-40-38-35-23-21-19-17-14-11-8-5-2/h7,10,16,18,21-24,26-27,29-30,32-33,54H,4-6,8-9,11-15,17,19-20,25,28,31,34-53H2,1-3H3/b10-7-,18-16-,23-21-,24-22-,27-26-,30-29-,33-32-. The molecule has 360 valence electrons. The Morgan fingerprint density at radius 2 is 0.619 bits per heavy atom. The number of esters is 3. The predicted octanol–water partition coefficient (Wildman–Crippen LogP) is 17.2. The molecule has 0 amide bonds. The first-order valence-corrected chi connectivity index (χ1v) is 26.1. The molecule has 0 aliphatic heterocycles. The molecule has 0 aliphatic carbocycles. The maximum atomic E-state index is 12.7. The number of ether oxygens (including phenoxy) is 3. The van der Waals surface area contributed by atoms with Crippen molar-refractivity contribution in [1.29, 1.82) is 0 Å². The Morgan fingerprint density at radius 3 is 0.984 bits per heavy atom. The van der Waals surface area contributed by atoms with Crippen LogP contribution < -0.4 is 0 Å². The van der Waals surface area contributed by atoms with Crippen LogP contribution in [0.3, 0.4) is 0 Å². The Bertz CT molecular complexity index is 1240. The van der Waals surface area contributed by atoms with Crippen LogP contribution in [0.2, 0.25) is 0 Å². The van der Waals surface area contributed by atoms with Crippen molar-refractivity contribution in [2.24, 2.45) is 0 Å². The van der Waals surface area contributed by atoms with Crippen molar-refractivity contribution in [2.75, 3.05) is 13.2 Å². The zero-order chi connectivity index (χ0) is 45.8. The lowest BCUT2D eigenvalue weighted by Crippen LogP contribution is -2.30. The highest BCUT2D eigenvalue weighted by Gasteiger charge is 2.19. The molecule has 0 saturated heterocycles. The Hall–Kier alpha value is -3.41. The topological polar surface area (TPSA) is 78.9 Å². The Balaban J connectivity index is 4.22. The highest BCUT2D eigenvalue weighted by Crippen LogP contribution is 2.13. The van der Waals surface area contributed by atoms with Gasteiger partial charge in [-0.25, -0.2) is 0 Å². The van der Waals surface area contributed by atoms with Gasteiger partial charge in [0.2, 0.25) is 0 Å². The van der Waals surface area contributed by atoms with Crippen molar-refractivity contribution >= 4 is 17.9 Å². The van der Waals surface area contributed by atoms with E-state index in [1.165, 1.54) is 77.0 Å². The molecule has 1 unspecified atom stereocenters. The van der Waals surface area contributed by atoms with Gasteiger partial charge in [-0.1, -0.05) is 209 Å². The van der Waals surface area contributed by atoms with E-state index in [1.54, 1.807) is 0 Å². The van der Waals surface area contributed by atoms with Gasteiger partial charge in [0.15, 0.2) is 6.10 Å². The smallest absolute Gasteiger partial charge is 0.306 e. The summed E-state index contributed by atoms with van der Waals surface area (Å²) in [5.74, 6) is -0.920. The van der Waals surface area contributed by atoms with Gasteiger partial charge >= 0.3 is 17.9 Å². The van der Waals surface area contributed by atoms with Gasteiger partial charge < -0.3 is 14.2 Å². The molecule has 0 spiro atoms. The minimum Gasteiger partial charge on any atom is -0.462 e. The summed E-state index contributed by atoms with van der Waals surface area (Å²) in [6.07, 6.45) is 65.9. The molecule has 6 nitrogen and oxygen atoms in total. The van der Waals surface area contributed by atoms with Gasteiger partial charge in [0.1, 0.15) is 13.2 Å². The summed E-state index contributed by atoms with van der Waals surface area (Å²) in [5, 5.41) is 0. The summed E-state index contributed by atoms with van der Waals surface area (Å²) in [6.45, 7) is 6.43. The SMILES string of the molecule is CC/C=C\C/C=C\C/C=C\C/C=C\C/C=C\C/C=C\CCCCCCCCC(=O)OCC(COC(=O)CCCCCCCC)OC(=O)CCCCCCC/C=C\CCCCCCC. The van der Waals surface area contributed by atoms with Gasteiger partial charge in [0.05, 0.1) is 0 Å². The lowest BCUT2D eigenvalue weighted by atomic mass is 10.1. The van der Waals surface area contributed by atoms with E-state index in [4.69, 9.17) is 14.2 Å². The molecule has 6 heteroatoms. The number of unbranched alkanes of at least 4 members (excludes halogenated alkanes) is 21. The number of allylic oxidation sites excluding steroid dienone is 14. The fraction of sp³-hybridized carbons (Fsp3) is 0.702. The molecule has 0 aromatic heterocycles. The first-order valence-electron chi connectivity index (χ1n) is 26.1. The summed E-state index contributed by atoms with van der Waals surface area (Å²) < 4.78 is 16.7. The average molecular weight is 877 g/mol. The summed E-state index contributed by atoms with van der Waals surface area (Å²) in [7, 11) is 0. The average Bonchev–Trinajstić information content (AvgIpc) is 3.28. The second-order valence-electron chi connectivity index (χ2n) is 17.1. The lowest BCUT2D eigenvalue weighted by Gasteiger charge is -2.18. The molecule has 63 heavy (non-hydrogen) atoms. The molecule has 0 N–H and O–H groups in total. The van der Waals surface area contributed by atoms with Crippen LogP contribution >= 0.6 is 0 Å². The van der Waals surface area contributed by atoms with E-state index in [0.717, 1.165) is 122 Å². The highest BCUT2D eigenvalue weighted by molar-refractivity contribution is 5.71. The third kappa shape index (κ3) is 49.5. The molecule has 0 fully saturated rings. The molecule has 1 atom stereocenters. The lowest BCUT2D eigenvalue weighted by molar-refractivity contribution is -0.167. The molecule has 0 radical (unpaired) electrons. The molecule has 0 aliphatic rings. The summed E-state index contributed by atoms with van der Waals surface area (Å²) in [4.78, 5) is 37.7. The minimum atomic E-state index is -0.783. The van der Waals surface area contributed by atoms with Crippen LogP contribution in [0.4, 0.5) is 0 Å². The first-order chi connectivity index (χ1) is 31.0. The highest BCUT2D eigenvalue weighted by atomic mass is 16.6. The fourth-order valence-corrected chi connectivity index (χ4v) is 6.97. The molecule has 0 rings (SSSR count). The van der Waals surface area contributed by atoms with Crippen molar-refractivity contribution in [3.8, 4) is 0 Å². The van der Waals surface area contributed by atoms with E-state index < -0.39 is 6.10 Å². The maximum Gasteiger partial charge on any atom is 0.306 e. The molecular weight excluding hydrogens is 781 g/mol. The van der Waals surface area contributed by atoms with Crippen LogP contribution in [0.15, 0.2) is 85.1 Å². The molecule has 0 aromatic carbocycles. The van der Waals surface area contributed by atoms with Gasteiger partial charge in [-0.2, -0.15) is 0 Å². The van der Waals surface area contributed by atoms with E-state index in [9.17, 15) is 14.4 Å². The zero-order valence-corrected chi connectivity index (χ0v) is 41.1. The van der Waals surface area contributed by atoms with Crippen molar-refractivity contribution in [3.63, 3.8) is 0 Å². The monoisotopic (exact) mass is 877 g/mol. The van der Waals surface area contributed by atoms with E-state index in [-0.39, 0.29) is 31.1 Å².